The second-order valence-electron chi connectivity index (χ2n) is 4.97. The summed E-state index contributed by atoms with van der Waals surface area (Å²) in [7, 11) is 1.69. The molecule has 0 spiro atoms. The molecule has 0 aliphatic carbocycles. The molecule has 0 aliphatic heterocycles. The standard InChI is InChI=1S/C13H21NO/c1-13(2,3)8-9-14-11-6-5-7-12(10-11)15-4/h5-7,10,14H,8-9H2,1-4H3. The van der Waals surface area contributed by atoms with Gasteiger partial charge in [0.2, 0.25) is 0 Å². The molecule has 0 radical (unpaired) electrons. The van der Waals surface area contributed by atoms with Crippen LogP contribution in [0.5, 0.6) is 5.75 Å². The Hall–Kier alpha value is -1.18. The zero-order valence-electron chi connectivity index (χ0n) is 10.1. The molecule has 2 nitrogen and oxygen atoms in total. The summed E-state index contributed by atoms with van der Waals surface area (Å²) in [6.07, 6.45) is 1.16. The van der Waals surface area contributed by atoms with E-state index in [2.05, 4.69) is 32.2 Å². The van der Waals surface area contributed by atoms with Crippen molar-refractivity contribution in [2.24, 2.45) is 5.41 Å². The van der Waals surface area contributed by atoms with Crippen molar-refractivity contribution in [3.05, 3.63) is 24.3 Å². The van der Waals surface area contributed by atoms with Crippen LogP contribution in [0.15, 0.2) is 24.3 Å². The average molecular weight is 207 g/mol. The van der Waals surface area contributed by atoms with E-state index in [-0.39, 0.29) is 0 Å². The van der Waals surface area contributed by atoms with Gasteiger partial charge in [0.25, 0.3) is 0 Å². The molecule has 2 heteroatoms. The van der Waals surface area contributed by atoms with Crippen LogP contribution < -0.4 is 10.1 Å². The summed E-state index contributed by atoms with van der Waals surface area (Å²) in [6, 6.07) is 8.03. The summed E-state index contributed by atoms with van der Waals surface area (Å²) in [5, 5.41) is 3.40. The van der Waals surface area contributed by atoms with E-state index in [9.17, 15) is 0 Å². The highest BCUT2D eigenvalue weighted by molar-refractivity contribution is 5.48. The smallest absolute Gasteiger partial charge is 0.120 e. The number of methoxy groups -OCH3 is 1. The largest absolute Gasteiger partial charge is 0.497 e. The molecule has 1 aromatic carbocycles. The Bertz CT molecular complexity index is 302. The van der Waals surface area contributed by atoms with Crippen LogP contribution in [0.1, 0.15) is 27.2 Å². The predicted octanol–water partition coefficient (Wildman–Crippen LogP) is 3.54. The number of rotatable bonds is 4. The molecule has 1 aromatic rings. The number of benzene rings is 1. The first-order chi connectivity index (χ1) is 7.01. The Balaban J connectivity index is 2.44. The molecule has 0 fully saturated rings. The Morgan fingerprint density at radius 1 is 1.27 bits per heavy atom. The van der Waals surface area contributed by atoms with Crippen molar-refractivity contribution < 1.29 is 4.74 Å². The van der Waals surface area contributed by atoms with E-state index in [1.54, 1.807) is 7.11 Å². The topological polar surface area (TPSA) is 21.3 Å². The zero-order chi connectivity index (χ0) is 11.3. The minimum absolute atomic E-state index is 0.381. The third-order valence-electron chi connectivity index (χ3n) is 2.27. The van der Waals surface area contributed by atoms with Gasteiger partial charge < -0.3 is 10.1 Å². The lowest BCUT2D eigenvalue weighted by Gasteiger charge is -2.18. The Labute approximate surface area is 92.6 Å². The van der Waals surface area contributed by atoms with Crippen LogP contribution in [0.2, 0.25) is 0 Å². The van der Waals surface area contributed by atoms with E-state index in [4.69, 9.17) is 4.74 Å². The number of hydrogen-bond donors (Lipinski definition) is 1. The molecule has 1 rings (SSSR count). The van der Waals surface area contributed by atoms with Crippen molar-refractivity contribution in [3.8, 4) is 5.75 Å². The van der Waals surface area contributed by atoms with Crippen molar-refractivity contribution in [3.63, 3.8) is 0 Å². The molecular weight excluding hydrogens is 186 g/mol. The van der Waals surface area contributed by atoms with Crippen molar-refractivity contribution in [1.82, 2.24) is 0 Å². The fourth-order valence-electron chi connectivity index (χ4n) is 1.31. The molecule has 0 bridgehead atoms. The molecular formula is C13H21NO. The first-order valence-corrected chi connectivity index (χ1v) is 5.39. The molecule has 0 aromatic heterocycles. The number of ether oxygens (including phenoxy) is 1. The first-order valence-electron chi connectivity index (χ1n) is 5.39. The Morgan fingerprint density at radius 2 is 2.00 bits per heavy atom. The van der Waals surface area contributed by atoms with Gasteiger partial charge in [0.05, 0.1) is 7.11 Å². The van der Waals surface area contributed by atoms with Crippen LogP contribution >= 0.6 is 0 Å². The maximum absolute atomic E-state index is 5.16. The minimum atomic E-state index is 0.381. The van der Waals surface area contributed by atoms with Crippen molar-refractivity contribution in [1.29, 1.82) is 0 Å². The van der Waals surface area contributed by atoms with Crippen LogP contribution in [0.3, 0.4) is 0 Å². The van der Waals surface area contributed by atoms with Gasteiger partial charge in [0, 0.05) is 18.3 Å². The fraction of sp³-hybridized carbons (Fsp3) is 0.538. The van der Waals surface area contributed by atoms with E-state index >= 15 is 0 Å². The molecule has 0 saturated heterocycles. The summed E-state index contributed by atoms with van der Waals surface area (Å²) in [4.78, 5) is 0. The molecule has 0 unspecified atom stereocenters. The van der Waals surface area contributed by atoms with Crippen LogP contribution in [0.4, 0.5) is 5.69 Å². The van der Waals surface area contributed by atoms with Gasteiger partial charge in [0.1, 0.15) is 5.75 Å². The summed E-state index contributed by atoms with van der Waals surface area (Å²) in [5.74, 6) is 0.899. The van der Waals surface area contributed by atoms with Gasteiger partial charge >= 0.3 is 0 Å². The zero-order valence-corrected chi connectivity index (χ0v) is 10.1. The predicted molar refractivity (Wildman–Crippen MR) is 65.6 cm³/mol. The normalized spacial score (nSPS) is 11.2. The maximum Gasteiger partial charge on any atom is 0.120 e. The summed E-state index contributed by atoms with van der Waals surface area (Å²) < 4.78 is 5.16. The lowest BCUT2D eigenvalue weighted by molar-refractivity contribution is 0.389. The molecule has 1 N–H and O–H groups in total. The SMILES string of the molecule is COc1cccc(NCCC(C)(C)C)c1. The summed E-state index contributed by atoms with van der Waals surface area (Å²) in [6.45, 7) is 7.75. The minimum Gasteiger partial charge on any atom is -0.497 e. The molecule has 0 saturated carbocycles. The van der Waals surface area contributed by atoms with Crippen LogP contribution in [-0.2, 0) is 0 Å². The van der Waals surface area contributed by atoms with E-state index < -0.39 is 0 Å². The average Bonchev–Trinajstić information content (AvgIpc) is 2.16. The lowest BCUT2D eigenvalue weighted by atomic mass is 9.92. The van der Waals surface area contributed by atoms with Gasteiger partial charge in [-0.1, -0.05) is 26.8 Å². The van der Waals surface area contributed by atoms with Gasteiger partial charge in [-0.05, 0) is 24.0 Å². The van der Waals surface area contributed by atoms with Crippen LogP contribution in [0.25, 0.3) is 0 Å². The van der Waals surface area contributed by atoms with E-state index in [0.29, 0.717) is 5.41 Å². The van der Waals surface area contributed by atoms with E-state index in [1.807, 2.05) is 18.2 Å². The van der Waals surface area contributed by atoms with Crippen LogP contribution in [0, 0.1) is 5.41 Å². The Morgan fingerprint density at radius 3 is 2.60 bits per heavy atom. The molecule has 0 heterocycles. The third kappa shape index (κ3) is 4.73. The highest BCUT2D eigenvalue weighted by atomic mass is 16.5. The first kappa shape index (κ1) is 11.9. The van der Waals surface area contributed by atoms with Crippen LogP contribution in [-0.4, -0.2) is 13.7 Å². The van der Waals surface area contributed by atoms with Gasteiger partial charge in [0.15, 0.2) is 0 Å². The second-order valence-corrected chi connectivity index (χ2v) is 4.97. The van der Waals surface area contributed by atoms with E-state index in [0.717, 1.165) is 24.4 Å². The van der Waals surface area contributed by atoms with Crippen molar-refractivity contribution in [2.75, 3.05) is 19.0 Å². The quantitative estimate of drug-likeness (QED) is 0.815. The second kappa shape index (κ2) is 5.06. The molecule has 84 valence electrons. The number of hydrogen-bond acceptors (Lipinski definition) is 2. The highest BCUT2D eigenvalue weighted by Gasteiger charge is 2.08. The maximum atomic E-state index is 5.16. The van der Waals surface area contributed by atoms with Gasteiger partial charge in [-0.15, -0.1) is 0 Å². The molecule has 0 atom stereocenters. The number of nitrogens with one attached hydrogen (secondary N) is 1. The lowest BCUT2D eigenvalue weighted by Crippen LogP contribution is -2.12. The highest BCUT2D eigenvalue weighted by Crippen LogP contribution is 2.20. The van der Waals surface area contributed by atoms with E-state index in [1.165, 1.54) is 0 Å². The summed E-state index contributed by atoms with van der Waals surface area (Å²) in [5.41, 5.74) is 1.50. The monoisotopic (exact) mass is 207 g/mol. The molecule has 15 heavy (non-hydrogen) atoms. The van der Waals surface area contributed by atoms with Crippen molar-refractivity contribution in [2.45, 2.75) is 27.2 Å². The van der Waals surface area contributed by atoms with Crippen molar-refractivity contribution >= 4 is 5.69 Å². The third-order valence-corrected chi connectivity index (χ3v) is 2.27. The van der Waals surface area contributed by atoms with Gasteiger partial charge in [-0.2, -0.15) is 0 Å². The number of anilines is 1. The molecule has 0 amide bonds. The van der Waals surface area contributed by atoms with Gasteiger partial charge in [-0.3, -0.25) is 0 Å². The summed E-state index contributed by atoms with van der Waals surface area (Å²) >= 11 is 0. The Kier molecular flexibility index (Phi) is 4.01. The molecule has 0 aliphatic rings. The fourth-order valence-corrected chi connectivity index (χ4v) is 1.31. The van der Waals surface area contributed by atoms with Gasteiger partial charge in [-0.25, -0.2) is 0 Å².